The van der Waals surface area contributed by atoms with Crippen LogP contribution in [0.2, 0.25) is 0 Å². The molecule has 1 saturated heterocycles. The van der Waals surface area contributed by atoms with Gasteiger partial charge in [-0.25, -0.2) is 14.6 Å². The number of anilines is 1. The van der Waals surface area contributed by atoms with E-state index in [1.54, 1.807) is 18.5 Å². The number of hydrogen-bond donors (Lipinski definition) is 1. The summed E-state index contributed by atoms with van der Waals surface area (Å²) >= 11 is 0. The molecule has 0 bridgehead atoms. The van der Waals surface area contributed by atoms with Crippen molar-refractivity contribution in [3.63, 3.8) is 0 Å². The Labute approximate surface area is 136 Å². The summed E-state index contributed by atoms with van der Waals surface area (Å²) < 4.78 is 8.23. The summed E-state index contributed by atoms with van der Waals surface area (Å²) in [4.78, 5) is 23.2. The minimum Gasteiger partial charge on any atom is -0.380 e. The van der Waals surface area contributed by atoms with E-state index in [2.05, 4.69) is 30.3 Å². The van der Waals surface area contributed by atoms with Crippen molar-refractivity contribution >= 4 is 5.82 Å². The van der Waals surface area contributed by atoms with Crippen molar-refractivity contribution in [2.24, 2.45) is 0 Å². The molecule has 10 nitrogen and oxygen atoms in total. The van der Waals surface area contributed by atoms with Crippen molar-refractivity contribution in [3.8, 4) is 11.5 Å². The molecule has 3 aromatic rings. The maximum atomic E-state index is 12.6. The molecule has 3 aromatic heterocycles. The van der Waals surface area contributed by atoms with Gasteiger partial charge in [-0.3, -0.25) is 9.89 Å². The lowest BCUT2D eigenvalue weighted by atomic mass is 10.4. The van der Waals surface area contributed by atoms with Gasteiger partial charge in [0.15, 0.2) is 11.5 Å². The first kappa shape index (κ1) is 14.6. The van der Waals surface area contributed by atoms with Crippen LogP contribution in [0, 0.1) is 0 Å². The Morgan fingerprint density at radius 1 is 1.17 bits per heavy atom. The number of H-pyrrole nitrogens is 1. The summed E-state index contributed by atoms with van der Waals surface area (Å²) in [6.45, 7) is 3.05. The van der Waals surface area contributed by atoms with Crippen LogP contribution in [0.25, 0.3) is 11.5 Å². The summed E-state index contributed by atoms with van der Waals surface area (Å²) in [5, 5.41) is 10.4. The van der Waals surface area contributed by atoms with Crippen LogP contribution < -0.4 is 10.5 Å². The van der Waals surface area contributed by atoms with Gasteiger partial charge >= 0.3 is 0 Å². The van der Waals surface area contributed by atoms with Crippen LogP contribution in [0.4, 0.5) is 5.82 Å². The highest BCUT2D eigenvalue weighted by molar-refractivity contribution is 5.44. The van der Waals surface area contributed by atoms with Crippen LogP contribution in [0.1, 0.15) is 6.42 Å². The molecule has 0 atom stereocenters. The van der Waals surface area contributed by atoms with Gasteiger partial charge in [-0.15, -0.1) is 5.10 Å². The Balaban J connectivity index is 1.68. The molecule has 0 spiro atoms. The number of nitrogens with one attached hydrogen (secondary N) is 1. The van der Waals surface area contributed by atoms with Crippen molar-refractivity contribution in [3.05, 3.63) is 41.3 Å². The topological polar surface area (TPSA) is 107 Å². The van der Waals surface area contributed by atoms with Crippen molar-refractivity contribution in [2.45, 2.75) is 6.42 Å². The quantitative estimate of drug-likeness (QED) is 0.707. The van der Waals surface area contributed by atoms with Gasteiger partial charge in [0.25, 0.3) is 5.56 Å². The highest BCUT2D eigenvalue weighted by atomic mass is 16.5. The zero-order valence-electron chi connectivity index (χ0n) is 12.9. The van der Waals surface area contributed by atoms with Gasteiger partial charge in [-0.1, -0.05) is 5.21 Å². The Morgan fingerprint density at radius 2 is 2.08 bits per heavy atom. The van der Waals surface area contributed by atoms with Crippen molar-refractivity contribution < 1.29 is 4.74 Å². The number of aromatic nitrogens is 7. The maximum absolute atomic E-state index is 12.6. The fourth-order valence-corrected chi connectivity index (χ4v) is 2.64. The molecule has 1 fully saturated rings. The smallest absolute Gasteiger partial charge is 0.298 e. The van der Waals surface area contributed by atoms with E-state index in [4.69, 9.17) is 4.74 Å². The Hall–Kier alpha value is -3.01. The molecule has 0 unspecified atom stereocenters. The molecule has 124 valence electrons. The number of ether oxygens (including phenoxy) is 1. The fraction of sp³-hybridized carbons (Fsp3) is 0.357. The lowest BCUT2D eigenvalue weighted by Gasteiger charge is -2.20. The highest BCUT2D eigenvalue weighted by Gasteiger charge is 2.15. The summed E-state index contributed by atoms with van der Waals surface area (Å²) in [5.74, 6) is 1.25. The van der Waals surface area contributed by atoms with Crippen LogP contribution in [0.15, 0.2) is 35.8 Å². The SMILES string of the molecule is O=c1c(-n2ccnn2)c[nH]n1-c1cc(N2CCCOCC2)ncn1. The van der Waals surface area contributed by atoms with E-state index in [0.717, 1.165) is 31.9 Å². The molecule has 10 heteroatoms. The Bertz CT molecular complexity index is 861. The molecule has 0 saturated carbocycles. The van der Waals surface area contributed by atoms with Crippen molar-refractivity contribution in [1.29, 1.82) is 0 Å². The van der Waals surface area contributed by atoms with E-state index in [-0.39, 0.29) is 5.56 Å². The van der Waals surface area contributed by atoms with Gasteiger partial charge in [0.05, 0.1) is 25.2 Å². The molecule has 24 heavy (non-hydrogen) atoms. The van der Waals surface area contributed by atoms with E-state index in [1.807, 2.05) is 0 Å². The van der Waals surface area contributed by atoms with Gasteiger partial charge in [-0.05, 0) is 6.42 Å². The zero-order chi connectivity index (χ0) is 16.4. The molecule has 4 heterocycles. The second-order valence-electron chi connectivity index (χ2n) is 5.33. The van der Waals surface area contributed by atoms with Crippen molar-refractivity contribution in [1.82, 2.24) is 34.7 Å². The second-order valence-corrected chi connectivity index (χ2v) is 5.33. The first-order valence-electron chi connectivity index (χ1n) is 7.65. The number of rotatable bonds is 3. The molecule has 0 aromatic carbocycles. The lowest BCUT2D eigenvalue weighted by molar-refractivity contribution is 0.152. The third-order valence-corrected chi connectivity index (χ3v) is 3.84. The average Bonchev–Trinajstić information content (AvgIpc) is 3.17. The highest BCUT2D eigenvalue weighted by Crippen LogP contribution is 2.14. The molecule has 4 rings (SSSR count). The molecular weight excluding hydrogens is 312 g/mol. The zero-order valence-corrected chi connectivity index (χ0v) is 12.9. The molecule has 0 amide bonds. The van der Waals surface area contributed by atoms with Crippen LogP contribution in [-0.4, -0.2) is 61.0 Å². The number of aromatic amines is 1. The summed E-state index contributed by atoms with van der Waals surface area (Å²) in [6.07, 6.45) is 7.09. The Morgan fingerprint density at radius 3 is 2.96 bits per heavy atom. The van der Waals surface area contributed by atoms with Gasteiger partial charge in [0.1, 0.15) is 12.1 Å². The first-order chi connectivity index (χ1) is 11.8. The number of hydrogen-bond acceptors (Lipinski definition) is 7. The minimum absolute atomic E-state index is 0.260. The Kier molecular flexibility index (Phi) is 3.79. The first-order valence-corrected chi connectivity index (χ1v) is 7.65. The predicted molar refractivity (Wildman–Crippen MR) is 84.5 cm³/mol. The molecule has 1 aliphatic rings. The van der Waals surface area contributed by atoms with Crippen LogP contribution in [-0.2, 0) is 4.74 Å². The fourth-order valence-electron chi connectivity index (χ4n) is 2.64. The predicted octanol–water partition coefficient (Wildman–Crippen LogP) is -0.237. The molecule has 1 N–H and O–H groups in total. The average molecular weight is 328 g/mol. The minimum atomic E-state index is -0.260. The van der Waals surface area contributed by atoms with Crippen LogP contribution in [0.5, 0.6) is 0 Å². The number of nitrogens with zero attached hydrogens (tertiary/aromatic N) is 7. The van der Waals surface area contributed by atoms with Crippen LogP contribution >= 0.6 is 0 Å². The van der Waals surface area contributed by atoms with Gasteiger partial charge in [0, 0.05) is 25.8 Å². The van der Waals surface area contributed by atoms with Gasteiger partial charge in [0.2, 0.25) is 0 Å². The molecular formula is C14H16N8O2. The van der Waals surface area contributed by atoms with Gasteiger partial charge in [-0.2, -0.15) is 4.68 Å². The molecule has 0 radical (unpaired) electrons. The third-order valence-electron chi connectivity index (χ3n) is 3.84. The largest absolute Gasteiger partial charge is 0.380 e. The molecule has 0 aliphatic carbocycles. The normalized spacial score (nSPS) is 15.4. The molecule has 1 aliphatic heterocycles. The monoisotopic (exact) mass is 328 g/mol. The van der Waals surface area contributed by atoms with E-state index in [9.17, 15) is 4.79 Å². The van der Waals surface area contributed by atoms with E-state index >= 15 is 0 Å². The second kappa shape index (κ2) is 6.24. The van der Waals surface area contributed by atoms with E-state index in [0.29, 0.717) is 18.1 Å². The van der Waals surface area contributed by atoms with Crippen molar-refractivity contribution in [2.75, 3.05) is 31.2 Å². The van der Waals surface area contributed by atoms with Crippen LogP contribution in [0.3, 0.4) is 0 Å². The maximum Gasteiger partial charge on any atom is 0.298 e. The summed E-state index contributed by atoms with van der Waals surface area (Å²) in [5.41, 5.74) is 0.111. The standard InChI is InChI=1S/C14H16N8O2/c23-14-11(21-4-2-17-19-21)9-18-22(14)13-8-12(15-10-16-13)20-3-1-6-24-7-5-20/h2,4,8-10,18H,1,3,5-7H2. The van der Waals surface area contributed by atoms with E-state index in [1.165, 1.54) is 21.9 Å². The third kappa shape index (κ3) is 2.67. The van der Waals surface area contributed by atoms with Gasteiger partial charge < -0.3 is 9.64 Å². The summed E-state index contributed by atoms with van der Waals surface area (Å²) in [6, 6.07) is 1.79. The van der Waals surface area contributed by atoms with E-state index < -0.39 is 0 Å². The summed E-state index contributed by atoms with van der Waals surface area (Å²) in [7, 11) is 0. The lowest BCUT2D eigenvalue weighted by Crippen LogP contribution is -2.27.